The van der Waals surface area contributed by atoms with E-state index in [1.165, 1.54) is 5.56 Å². The van der Waals surface area contributed by atoms with Crippen LogP contribution in [0.25, 0.3) is 0 Å². The Morgan fingerprint density at radius 2 is 2.19 bits per heavy atom. The predicted octanol–water partition coefficient (Wildman–Crippen LogP) is 1.03. The molecule has 0 aromatic heterocycles. The fraction of sp³-hybridized carbons (Fsp3) is 0.500. The summed E-state index contributed by atoms with van der Waals surface area (Å²) in [6.07, 6.45) is 0.806. The quantitative estimate of drug-likeness (QED) is 0.766. The molecule has 116 valence electrons. The normalized spacial score (nSPS) is 14.3. The van der Waals surface area contributed by atoms with Gasteiger partial charge in [-0.05, 0) is 43.1 Å². The molecule has 1 aromatic carbocycles. The Hall–Kier alpha value is -1.60. The number of sulfonamides is 1. The second-order valence-electron chi connectivity index (χ2n) is 4.89. The highest BCUT2D eigenvalue weighted by Gasteiger charge is 2.15. The van der Waals surface area contributed by atoms with E-state index in [0.29, 0.717) is 5.69 Å². The zero-order chi connectivity index (χ0) is 15.3. The van der Waals surface area contributed by atoms with E-state index >= 15 is 0 Å². The van der Waals surface area contributed by atoms with Crippen LogP contribution in [0, 0.1) is 0 Å². The molecule has 0 aliphatic carbocycles. The molecule has 0 unspecified atom stereocenters. The Bertz CT molecular complexity index is 613. The molecule has 0 saturated heterocycles. The number of ether oxygens (including phenoxy) is 1. The van der Waals surface area contributed by atoms with Crippen LogP contribution in [-0.2, 0) is 32.5 Å². The molecule has 2 rings (SSSR count). The van der Waals surface area contributed by atoms with Gasteiger partial charge in [0.2, 0.25) is 10.0 Å². The molecule has 21 heavy (non-hydrogen) atoms. The highest BCUT2D eigenvalue weighted by molar-refractivity contribution is 7.92. The summed E-state index contributed by atoms with van der Waals surface area (Å²) in [6, 6.07) is 5.54. The van der Waals surface area contributed by atoms with Crippen molar-refractivity contribution in [3.05, 3.63) is 29.3 Å². The smallest absolute Gasteiger partial charge is 0.306 e. The topological polar surface area (TPSA) is 84.5 Å². The van der Waals surface area contributed by atoms with Crippen molar-refractivity contribution in [3.8, 4) is 0 Å². The third kappa shape index (κ3) is 4.71. The van der Waals surface area contributed by atoms with E-state index < -0.39 is 16.0 Å². The van der Waals surface area contributed by atoms with Gasteiger partial charge in [0.25, 0.3) is 0 Å². The number of benzene rings is 1. The minimum Gasteiger partial charge on any atom is -0.466 e. The van der Waals surface area contributed by atoms with E-state index in [9.17, 15) is 13.2 Å². The molecule has 2 N–H and O–H groups in total. The zero-order valence-electron chi connectivity index (χ0n) is 12.0. The van der Waals surface area contributed by atoms with E-state index in [1.807, 2.05) is 12.1 Å². The lowest BCUT2D eigenvalue weighted by Crippen LogP contribution is -2.24. The SMILES string of the molecule is CCOC(=O)CCS(=O)(=O)Nc1ccc2c(c1)CNCC2. The van der Waals surface area contributed by atoms with Crippen LogP contribution in [0.2, 0.25) is 0 Å². The Morgan fingerprint density at radius 1 is 1.38 bits per heavy atom. The lowest BCUT2D eigenvalue weighted by atomic mass is 10.0. The minimum atomic E-state index is -3.55. The standard InChI is InChI=1S/C14H20N2O4S/c1-2-20-14(17)6-8-21(18,19)16-13-4-3-11-5-7-15-10-12(11)9-13/h3-4,9,15-16H,2,5-8,10H2,1H3. The fourth-order valence-electron chi connectivity index (χ4n) is 2.23. The van der Waals surface area contributed by atoms with Gasteiger partial charge in [-0.25, -0.2) is 8.42 Å². The second kappa shape index (κ2) is 6.91. The number of esters is 1. The van der Waals surface area contributed by atoms with Crippen LogP contribution in [0.1, 0.15) is 24.5 Å². The van der Waals surface area contributed by atoms with Gasteiger partial charge >= 0.3 is 5.97 Å². The Balaban J connectivity index is 1.98. The summed E-state index contributed by atoms with van der Waals surface area (Å²) in [7, 11) is -3.55. The van der Waals surface area contributed by atoms with Crippen LogP contribution in [0.4, 0.5) is 5.69 Å². The van der Waals surface area contributed by atoms with Gasteiger partial charge in [-0.3, -0.25) is 9.52 Å². The summed E-state index contributed by atoms with van der Waals surface area (Å²) in [4.78, 5) is 11.2. The van der Waals surface area contributed by atoms with Crippen LogP contribution in [-0.4, -0.2) is 33.3 Å². The van der Waals surface area contributed by atoms with Gasteiger partial charge in [-0.15, -0.1) is 0 Å². The molecule has 0 spiro atoms. The Labute approximate surface area is 124 Å². The molecule has 0 atom stereocenters. The van der Waals surface area contributed by atoms with Gasteiger partial charge in [-0.2, -0.15) is 0 Å². The van der Waals surface area contributed by atoms with Gasteiger partial charge < -0.3 is 10.1 Å². The largest absolute Gasteiger partial charge is 0.466 e. The van der Waals surface area contributed by atoms with Crippen LogP contribution in [0.3, 0.4) is 0 Å². The zero-order valence-corrected chi connectivity index (χ0v) is 12.8. The third-order valence-electron chi connectivity index (χ3n) is 3.25. The molecule has 0 saturated carbocycles. The van der Waals surface area contributed by atoms with E-state index in [1.54, 1.807) is 13.0 Å². The molecule has 1 aromatic rings. The van der Waals surface area contributed by atoms with Crippen molar-refractivity contribution in [1.82, 2.24) is 5.32 Å². The first-order valence-corrected chi connectivity index (χ1v) is 8.64. The minimum absolute atomic E-state index is 0.143. The summed E-state index contributed by atoms with van der Waals surface area (Å²) in [5.74, 6) is -0.779. The van der Waals surface area contributed by atoms with Crippen molar-refractivity contribution in [2.24, 2.45) is 0 Å². The van der Waals surface area contributed by atoms with Crippen molar-refractivity contribution in [3.63, 3.8) is 0 Å². The molecule has 1 heterocycles. The van der Waals surface area contributed by atoms with Crippen molar-refractivity contribution in [1.29, 1.82) is 0 Å². The highest BCUT2D eigenvalue weighted by atomic mass is 32.2. The maximum atomic E-state index is 11.9. The van der Waals surface area contributed by atoms with Crippen LogP contribution < -0.4 is 10.0 Å². The third-order valence-corrected chi connectivity index (χ3v) is 4.53. The molecule has 0 fully saturated rings. The van der Waals surface area contributed by atoms with Crippen molar-refractivity contribution in [2.45, 2.75) is 26.3 Å². The second-order valence-corrected chi connectivity index (χ2v) is 6.73. The first-order valence-electron chi connectivity index (χ1n) is 6.99. The molecule has 6 nitrogen and oxygen atoms in total. The first kappa shape index (κ1) is 15.8. The summed E-state index contributed by atoms with van der Waals surface area (Å²) in [5.41, 5.74) is 2.87. The number of hydrogen-bond donors (Lipinski definition) is 2. The molecular formula is C14H20N2O4S. The average Bonchev–Trinajstić information content (AvgIpc) is 2.45. The fourth-order valence-corrected chi connectivity index (χ4v) is 3.25. The molecule has 1 aliphatic rings. The number of anilines is 1. The Morgan fingerprint density at radius 3 is 2.95 bits per heavy atom. The molecule has 1 aliphatic heterocycles. The number of rotatable bonds is 6. The summed E-state index contributed by atoms with van der Waals surface area (Å²) in [5, 5.41) is 3.25. The van der Waals surface area contributed by atoms with E-state index in [-0.39, 0.29) is 18.8 Å². The van der Waals surface area contributed by atoms with Gasteiger partial charge in [0, 0.05) is 12.2 Å². The number of hydrogen-bond acceptors (Lipinski definition) is 5. The van der Waals surface area contributed by atoms with Crippen molar-refractivity contribution < 1.29 is 17.9 Å². The number of fused-ring (bicyclic) bond motifs is 1. The van der Waals surface area contributed by atoms with E-state index in [0.717, 1.165) is 25.1 Å². The van der Waals surface area contributed by atoms with Gasteiger partial charge in [0.15, 0.2) is 0 Å². The average molecular weight is 312 g/mol. The molecule has 0 amide bonds. The summed E-state index contributed by atoms with van der Waals surface area (Å²) < 4.78 is 31.1. The first-order chi connectivity index (χ1) is 10.00. The van der Waals surface area contributed by atoms with E-state index in [4.69, 9.17) is 4.74 Å². The molecular weight excluding hydrogens is 292 g/mol. The van der Waals surface area contributed by atoms with Crippen LogP contribution in [0.5, 0.6) is 0 Å². The summed E-state index contributed by atoms with van der Waals surface area (Å²) >= 11 is 0. The van der Waals surface area contributed by atoms with Gasteiger partial charge in [0.1, 0.15) is 0 Å². The molecule has 0 radical (unpaired) electrons. The maximum Gasteiger partial charge on any atom is 0.306 e. The predicted molar refractivity (Wildman–Crippen MR) is 80.5 cm³/mol. The monoisotopic (exact) mass is 312 g/mol. The maximum absolute atomic E-state index is 11.9. The lowest BCUT2D eigenvalue weighted by molar-refractivity contribution is -0.142. The van der Waals surface area contributed by atoms with Gasteiger partial charge in [-0.1, -0.05) is 6.07 Å². The van der Waals surface area contributed by atoms with Gasteiger partial charge in [0.05, 0.1) is 18.8 Å². The van der Waals surface area contributed by atoms with E-state index in [2.05, 4.69) is 10.0 Å². The van der Waals surface area contributed by atoms with Crippen LogP contribution in [0.15, 0.2) is 18.2 Å². The highest BCUT2D eigenvalue weighted by Crippen LogP contribution is 2.20. The van der Waals surface area contributed by atoms with Crippen molar-refractivity contribution in [2.75, 3.05) is 23.6 Å². The Kier molecular flexibility index (Phi) is 5.19. The number of carbonyl (C=O) groups excluding carboxylic acids is 1. The number of carbonyl (C=O) groups is 1. The summed E-state index contributed by atoms with van der Waals surface area (Å²) in [6.45, 7) is 3.63. The van der Waals surface area contributed by atoms with Crippen LogP contribution >= 0.6 is 0 Å². The molecule has 7 heteroatoms. The lowest BCUT2D eigenvalue weighted by Gasteiger charge is -2.18. The number of nitrogens with one attached hydrogen (secondary N) is 2. The molecule has 0 bridgehead atoms. The van der Waals surface area contributed by atoms with Crippen molar-refractivity contribution >= 4 is 21.7 Å².